The molecule has 1 aromatic carbocycles. The van der Waals surface area contributed by atoms with Gasteiger partial charge in [-0.3, -0.25) is 4.79 Å². The molecule has 0 bridgehead atoms. The molecule has 0 aliphatic heterocycles. The zero-order valence-corrected chi connectivity index (χ0v) is 14.0. The molecule has 1 saturated carbocycles. The summed E-state index contributed by atoms with van der Waals surface area (Å²) in [4.78, 5) is 20.9. The second-order valence-corrected chi connectivity index (χ2v) is 5.99. The van der Waals surface area contributed by atoms with Crippen molar-refractivity contribution in [3.63, 3.8) is 0 Å². The van der Waals surface area contributed by atoms with Gasteiger partial charge in [0.05, 0.1) is 7.11 Å². The van der Waals surface area contributed by atoms with Crippen molar-refractivity contribution in [1.82, 2.24) is 15.3 Å². The minimum Gasteiger partial charge on any atom is -0.497 e. The van der Waals surface area contributed by atoms with Crippen molar-refractivity contribution in [3.8, 4) is 5.75 Å². The molecule has 0 atom stereocenters. The van der Waals surface area contributed by atoms with E-state index in [4.69, 9.17) is 4.74 Å². The van der Waals surface area contributed by atoms with Crippen LogP contribution in [0.15, 0.2) is 30.3 Å². The Morgan fingerprint density at radius 1 is 1.25 bits per heavy atom. The summed E-state index contributed by atoms with van der Waals surface area (Å²) in [6, 6.07) is 10.00. The van der Waals surface area contributed by atoms with Crippen molar-refractivity contribution in [3.05, 3.63) is 47.3 Å². The minimum absolute atomic E-state index is 0.173. The van der Waals surface area contributed by atoms with E-state index < -0.39 is 0 Å². The Morgan fingerprint density at radius 2 is 2.00 bits per heavy atom. The Balaban J connectivity index is 1.54. The molecular formula is C18H22N4O2. The molecule has 0 spiro atoms. The number of anilines is 1. The van der Waals surface area contributed by atoms with Gasteiger partial charge in [0, 0.05) is 18.3 Å². The van der Waals surface area contributed by atoms with Gasteiger partial charge < -0.3 is 15.4 Å². The highest BCUT2D eigenvalue weighted by molar-refractivity contribution is 5.92. The van der Waals surface area contributed by atoms with Crippen LogP contribution in [0.3, 0.4) is 0 Å². The number of nitrogens with zero attached hydrogens (tertiary/aromatic N) is 2. The first-order valence-electron chi connectivity index (χ1n) is 8.17. The molecule has 0 saturated heterocycles. The quantitative estimate of drug-likeness (QED) is 0.817. The van der Waals surface area contributed by atoms with E-state index in [1.807, 2.05) is 31.2 Å². The van der Waals surface area contributed by atoms with Crippen LogP contribution in [0.2, 0.25) is 0 Å². The largest absolute Gasteiger partial charge is 0.497 e. The van der Waals surface area contributed by atoms with Crippen LogP contribution in [-0.4, -0.2) is 35.6 Å². The molecule has 2 N–H and O–H groups in total. The van der Waals surface area contributed by atoms with Gasteiger partial charge in [-0.2, -0.15) is 0 Å². The molecule has 1 aliphatic carbocycles. The third kappa shape index (κ3) is 4.44. The molecule has 126 valence electrons. The van der Waals surface area contributed by atoms with Crippen LogP contribution in [-0.2, 0) is 6.42 Å². The van der Waals surface area contributed by atoms with E-state index in [2.05, 4.69) is 20.6 Å². The van der Waals surface area contributed by atoms with Crippen molar-refractivity contribution in [1.29, 1.82) is 0 Å². The average Bonchev–Trinajstić information content (AvgIpc) is 3.39. The number of carbonyl (C=O) groups excluding carboxylic acids is 1. The molecule has 1 aromatic heterocycles. The number of benzene rings is 1. The zero-order chi connectivity index (χ0) is 16.9. The molecule has 1 amide bonds. The van der Waals surface area contributed by atoms with Gasteiger partial charge in [-0.05, 0) is 49.9 Å². The first kappa shape index (κ1) is 16.2. The van der Waals surface area contributed by atoms with Crippen molar-refractivity contribution in [2.24, 2.45) is 0 Å². The topological polar surface area (TPSA) is 76.1 Å². The van der Waals surface area contributed by atoms with E-state index in [-0.39, 0.29) is 5.91 Å². The van der Waals surface area contributed by atoms with Crippen molar-refractivity contribution < 1.29 is 9.53 Å². The van der Waals surface area contributed by atoms with Crippen molar-refractivity contribution in [2.45, 2.75) is 32.2 Å². The van der Waals surface area contributed by atoms with E-state index in [0.29, 0.717) is 24.2 Å². The fourth-order valence-corrected chi connectivity index (χ4v) is 2.36. The lowest BCUT2D eigenvalue weighted by molar-refractivity contribution is 0.0949. The zero-order valence-electron chi connectivity index (χ0n) is 14.0. The average molecular weight is 326 g/mol. The lowest BCUT2D eigenvalue weighted by Crippen LogP contribution is -2.27. The number of carbonyl (C=O) groups is 1. The molecule has 0 unspecified atom stereocenters. The van der Waals surface area contributed by atoms with Gasteiger partial charge in [-0.15, -0.1) is 0 Å². The Kier molecular flexibility index (Phi) is 4.93. The van der Waals surface area contributed by atoms with Crippen LogP contribution in [0.1, 0.15) is 34.6 Å². The number of methoxy groups -OCH3 is 1. The molecule has 0 radical (unpaired) electrons. The Bertz CT molecular complexity index is 711. The van der Waals surface area contributed by atoms with Crippen molar-refractivity contribution >= 4 is 11.9 Å². The van der Waals surface area contributed by atoms with E-state index in [0.717, 1.165) is 36.3 Å². The first-order chi connectivity index (χ1) is 11.6. The third-order valence-corrected chi connectivity index (χ3v) is 3.86. The van der Waals surface area contributed by atoms with Gasteiger partial charge in [0.25, 0.3) is 5.91 Å². The van der Waals surface area contributed by atoms with Crippen molar-refractivity contribution in [2.75, 3.05) is 19.0 Å². The number of nitrogens with one attached hydrogen (secondary N) is 2. The highest BCUT2D eigenvalue weighted by Gasteiger charge is 2.22. The molecule has 6 nitrogen and oxygen atoms in total. The monoisotopic (exact) mass is 326 g/mol. The maximum absolute atomic E-state index is 12.3. The van der Waals surface area contributed by atoms with Gasteiger partial charge in [-0.25, -0.2) is 9.97 Å². The SMILES string of the molecule is COc1ccc(CCNC(=O)c2cc(C)nc(NC3CC3)n2)cc1. The summed E-state index contributed by atoms with van der Waals surface area (Å²) in [7, 11) is 1.64. The number of hydrogen-bond acceptors (Lipinski definition) is 5. The Hall–Kier alpha value is -2.63. The predicted octanol–water partition coefficient (Wildman–Crippen LogP) is 2.34. The first-order valence-corrected chi connectivity index (χ1v) is 8.17. The van der Waals surface area contributed by atoms with E-state index in [9.17, 15) is 4.79 Å². The van der Waals surface area contributed by atoms with E-state index in [1.54, 1.807) is 13.2 Å². The van der Waals surface area contributed by atoms with Gasteiger partial charge in [0.15, 0.2) is 0 Å². The number of amides is 1. The highest BCUT2D eigenvalue weighted by atomic mass is 16.5. The maximum Gasteiger partial charge on any atom is 0.270 e. The molecular weight excluding hydrogens is 304 g/mol. The molecule has 3 rings (SSSR count). The van der Waals surface area contributed by atoms with Gasteiger partial charge >= 0.3 is 0 Å². The van der Waals surface area contributed by atoms with Crippen LogP contribution < -0.4 is 15.4 Å². The van der Waals surface area contributed by atoms with E-state index in [1.165, 1.54) is 0 Å². The fraction of sp³-hybridized carbons (Fsp3) is 0.389. The van der Waals surface area contributed by atoms with Crippen LogP contribution >= 0.6 is 0 Å². The Labute approximate surface area is 141 Å². The predicted molar refractivity (Wildman–Crippen MR) is 92.4 cm³/mol. The Morgan fingerprint density at radius 3 is 2.67 bits per heavy atom. The molecule has 6 heteroatoms. The number of aromatic nitrogens is 2. The fourth-order valence-electron chi connectivity index (χ4n) is 2.36. The maximum atomic E-state index is 12.3. The summed E-state index contributed by atoms with van der Waals surface area (Å²) in [6.45, 7) is 2.42. The van der Waals surface area contributed by atoms with Crippen LogP contribution in [0.25, 0.3) is 0 Å². The highest BCUT2D eigenvalue weighted by Crippen LogP contribution is 2.23. The van der Waals surface area contributed by atoms with Gasteiger partial charge in [-0.1, -0.05) is 12.1 Å². The van der Waals surface area contributed by atoms with Crippen LogP contribution in [0.5, 0.6) is 5.75 Å². The second kappa shape index (κ2) is 7.29. The molecule has 2 aromatic rings. The smallest absolute Gasteiger partial charge is 0.270 e. The molecule has 1 fully saturated rings. The second-order valence-electron chi connectivity index (χ2n) is 5.99. The third-order valence-electron chi connectivity index (χ3n) is 3.86. The number of aryl methyl sites for hydroxylation is 1. The van der Waals surface area contributed by atoms with Crippen LogP contribution in [0.4, 0.5) is 5.95 Å². The summed E-state index contributed by atoms with van der Waals surface area (Å²) < 4.78 is 5.13. The summed E-state index contributed by atoms with van der Waals surface area (Å²) in [5.74, 6) is 1.20. The van der Waals surface area contributed by atoms with Crippen LogP contribution in [0, 0.1) is 6.92 Å². The molecule has 24 heavy (non-hydrogen) atoms. The lowest BCUT2D eigenvalue weighted by Gasteiger charge is -2.08. The number of rotatable bonds is 7. The summed E-state index contributed by atoms with van der Waals surface area (Å²) in [5, 5.41) is 6.14. The summed E-state index contributed by atoms with van der Waals surface area (Å²) in [5.41, 5.74) is 2.33. The summed E-state index contributed by atoms with van der Waals surface area (Å²) in [6.07, 6.45) is 3.04. The van der Waals surface area contributed by atoms with Gasteiger partial charge in [0.1, 0.15) is 11.4 Å². The summed E-state index contributed by atoms with van der Waals surface area (Å²) >= 11 is 0. The lowest BCUT2D eigenvalue weighted by atomic mass is 10.1. The minimum atomic E-state index is -0.173. The number of ether oxygens (including phenoxy) is 1. The standard InChI is InChI=1S/C18H22N4O2/c1-12-11-16(22-18(20-12)21-14-5-6-14)17(23)19-10-9-13-3-7-15(24-2)8-4-13/h3-4,7-8,11,14H,5-6,9-10H2,1-2H3,(H,19,23)(H,20,21,22). The van der Waals surface area contributed by atoms with E-state index >= 15 is 0 Å². The number of hydrogen-bond donors (Lipinski definition) is 2. The molecule has 1 heterocycles. The van der Waals surface area contributed by atoms with Gasteiger partial charge in [0.2, 0.25) is 5.95 Å². The normalized spacial score (nSPS) is 13.4. The molecule has 1 aliphatic rings.